The SMILES string of the molecule is COc1ccc(C(CNc2nccs2)N(C)C)cc1. The molecule has 2 aromatic rings. The van der Waals surface area contributed by atoms with Gasteiger partial charge in [-0.15, -0.1) is 11.3 Å². The Labute approximate surface area is 118 Å². The maximum absolute atomic E-state index is 5.19. The zero-order chi connectivity index (χ0) is 13.7. The molecule has 0 saturated carbocycles. The van der Waals surface area contributed by atoms with Crippen molar-refractivity contribution in [3.05, 3.63) is 41.4 Å². The predicted octanol–water partition coefficient (Wildman–Crippen LogP) is 2.87. The first-order valence-electron chi connectivity index (χ1n) is 6.14. The topological polar surface area (TPSA) is 37.4 Å². The van der Waals surface area contributed by atoms with Crippen LogP contribution < -0.4 is 10.1 Å². The van der Waals surface area contributed by atoms with Gasteiger partial charge in [0.15, 0.2) is 5.13 Å². The van der Waals surface area contributed by atoms with Gasteiger partial charge in [-0.2, -0.15) is 0 Å². The van der Waals surface area contributed by atoms with Gasteiger partial charge < -0.3 is 15.0 Å². The monoisotopic (exact) mass is 277 g/mol. The Kier molecular flexibility index (Phi) is 4.76. The van der Waals surface area contributed by atoms with E-state index in [-0.39, 0.29) is 0 Å². The number of thiazole rings is 1. The van der Waals surface area contributed by atoms with Crippen LogP contribution in [0.25, 0.3) is 0 Å². The van der Waals surface area contributed by atoms with E-state index in [0.717, 1.165) is 17.4 Å². The largest absolute Gasteiger partial charge is 0.497 e. The van der Waals surface area contributed by atoms with Gasteiger partial charge in [-0.05, 0) is 31.8 Å². The van der Waals surface area contributed by atoms with Crippen LogP contribution in [0, 0.1) is 0 Å². The third kappa shape index (κ3) is 3.68. The minimum absolute atomic E-state index is 0.301. The Morgan fingerprint density at radius 1 is 1.32 bits per heavy atom. The lowest BCUT2D eigenvalue weighted by atomic mass is 10.1. The molecule has 0 amide bonds. The molecule has 4 nitrogen and oxygen atoms in total. The molecular formula is C14H19N3OS. The number of methoxy groups -OCH3 is 1. The van der Waals surface area contributed by atoms with Gasteiger partial charge in [0.25, 0.3) is 0 Å². The van der Waals surface area contributed by atoms with E-state index >= 15 is 0 Å². The van der Waals surface area contributed by atoms with Crippen LogP contribution in [0.15, 0.2) is 35.8 Å². The van der Waals surface area contributed by atoms with E-state index in [1.807, 2.05) is 23.7 Å². The quantitative estimate of drug-likeness (QED) is 0.881. The molecule has 1 heterocycles. The highest BCUT2D eigenvalue weighted by Gasteiger charge is 2.14. The van der Waals surface area contributed by atoms with Crippen molar-refractivity contribution in [1.29, 1.82) is 0 Å². The maximum Gasteiger partial charge on any atom is 0.182 e. The Morgan fingerprint density at radius 3 is 2.58 bits per heavy atom. The molecule has 0 aliphatic heterocycles. The fourth-order valence-corrected chi connectivity index (χ4v) is 2.46. The molecule has 0 fully saturated rings. The molecule has 1 N–H and O–H groups in total. The first-order chi connectivity index (χ1) is 9.20. The van der Waals surface area contributed by atoms with E-state index in [4.69, 9.17) is 4.74 Å². The highest BCUT2D eigenvalue weighted by molar-refractivity contribution is 7.13. The number of aromatic nitrogens is 1. The van der Waals surface area contributed by atoms with Crippen molar-refractivity contribution in [3.63, 3.8) is 0 Å². The van der Waals surface area contributed by atoms with Gasteiger partial charge in [0.2, 0.25) is 0 Å². The molecule has 0 aliphatic rings. The maximum atomic E-state index is 5.19. The molecule has 1 atom stereocenters. The van der Waals surface area contributed by atoms with Crippen LogP contribution in [0.5, 0.6) is 5.75 Å². The Morgan fingerprint density at radius 2 is 2.05 bits per heavy atom. The standard InChI is InChI=1S/C14H19N3OS/c1-17(2)13(10-16-14-15-8-9-19-14)11-4-6-12(18-3)7-5-11/h4-9,13H,10H2,1-3H3,(H,15,16). The van der Waals surface area contributed by atoms with Crippen LogP contribution in [0.4, 0.5) is 5.13 Å². The van der Waals surface area contributed by atoms with Gasteiger partial charge in [0, 0.05) is 18.1 Å². The molecule has 1 aromatic carbocycles. The van der Waals surface area contributed by atoms with Gasteiger partial charge in [-0.3, -0.25) is 0 Å². The van der Waals surface area contributed by atoms with E-state index < -0.39 is 0 Å². The van der Waals surface area contributed by atoms with Crippen molar-refractivity contribution in [1.82, 2.24) is 9.88 Å². The van der Waals surface area contributed by atoms with Crippen LogP contribution in [-0.4, -0.2) is 37.6 Å². The molecule has 1 unspecified atom stereocenters. The highest BCUT2D eigenvalue weighted by atomic mass is 32.1. The summed E-state index contributed by atoms with van der Waals surface area (Å²) in [5, 5.41) is 6.30. The fourth-order valence-electron chi connectivity index (χ4n) is 1.92. The van der Waals surface area contributed by atoms with Crippen LogP contribution in [0.1, 0.15) is 11.6 Å². The van der Waals surface area contributed by atoms with Gasteiger partial charge >= 0.3 is 0 Å². The van der Waals surface area contributed by atoms with Gasteiger partial charge in [0.05, 0.1) is 13.2 Å². The molecule has 0 saturated heterocycles. The lowest BCUT2D eigenvalue weighted by Crippen LogP contribution is -2.26. The molecule has 102 valence electrons. The number of ether oxygens (including phenoxy) is 1. The second-order valence-electron chi connectivity index (χ2n) is 4.47. The number of anilines is 1. The van der Waals surface area contributed by atoms with E-state index in [1.54, 1.807) is 18.4 Å². The normalized spacial score (nSPS) is 12.4. The van der Waals surface area contributed by atoms with Gasteiger partial charge in [0.1, 0.15) is 5.75 Å². The number of hydrogen-bond acceptors (Lipinski definition) is 5. The lowest BCUT2D eigenvalue weighted by Gasteiger charge is -2.25. The summed E-state index contributed by atoms with van der Waals surface area (Å²) < 4.78 is 5.19. The second kappa shape index (κ2) is 6.54. The smallest absolute Gasteiger partial charge is 0.182 e. The molecule has 0 bridgehead atoms. The van der Waals surface area contributed by atoms with E-state index in [1.165, 1.54) is 5.56 Å². The van der Waals surface area contributed by atoms with Gasteiger partial charge in [-0.25, -0.2) is 4.98 Å². The Hall–Kier alpha value is -1.59. The third-order valence-electron chi connectivity index (χ3n) is 3.00. The average Bonchev–Trinajstić information content (AvgIpc) is 2.92. The zero-order valence-corrected chi connectivity index (χ0v) is 12.3. The minimum Gasteiger partial charge on any atom is -0.497 e. The molecule has 19 heavy (non-hydrogen) atoms. The molecule has 2 rings (SSSR count). The van der Waals surface area contributed by atoms with Crippen molar-refractivity contribution < 1.29 is 4.74 Å². The molecule has 1 aromatic heterocycles. The Bertz CT molecular complexity index is 482. The molecule has 0 radical (unpaired) electrons. The van der Waals surface area contributed by atoms with Crippen molar-refractivity contribution in [2.45, 2.75) is 6.04 Å². The van der Waals surface area contributed by atoms with Crippen molar-refractivity contribution in [3.8, 4) is 5.75 Å². The summed E-state index contributed by atoms with van der Waals surface area (Å²) in [4.78, 5) is 6.43. The third-order valence-corrected chi connectivity index (χ3v) is 3.73. The van der Waals surface area contributed by atoms with Gasteiger partial charge in [-0.1, -0.05) is 12.1 Å². The number of likely N-dealkylation sites (N-methyl/N-ethyl adjacent to an activating group) is 1. The summed E-state index contributed by atoms with van der Waals surface area (Å²) in [5.41, 5.74) is 1.26. The van der Waals surface area contributed by atoms with E-state index in [0.29, 0.717) is 6.04 Å². The van der Waals surface area contributed by atoms with Crippen LogP contribution in [0.3, 0.4) is 0 Å². The summed E-state index contributed by atoms with van der Waals surface area (Å²) in [7, 11) is 5.85. The number of rotatable bonds is 6. The lowest BCUT2D eigenvalue weighted by molar-refractivity contribution is 0.311. The van der Waals surface area contributed by atoms with Crippen molar-refractivity contribution in [2.24, 2.45) is 0 Å². The minimum atomic E-state index is 0.301. The van der Waals surface area contributed by atoms with E-state index in [2.05, 4.69) is 41.4 Å². The highest BCUT2D eigenvalue weighted by Crippen LogP contribution is 2.22. The summed E-state index contributed by atoms with van der Waals surface area (Å²) in [6.45, 7) is 0.826. The van der Waals surface area contributed by atoms with Crippen LogP contribution >= 0.6 is 11.3 Å². The second-order valence-corrected chi connectivity index (χ2v) is 5.37. The van der Waals surface area contributed by atoms with Crippen molar-refractivity contribution in [2.75, 3.05) is 33.1 Å². The average molecular weight is 277 g/mol. The molecule has 0 spiro atoms. The van der Waals surface area contributed by atoms with Crippen LogP contribution in [-0.2, 0) is 0 Å². The number of hydrogen-bond donors (Lipinski definition) is 1. The summed E-state index contributed by atoms with van der Waals surface area (Å²) in [6, 6.07) is 8.50. The predicted molar refractivity (Wildman–Crippen MR) is 80.0 cm³/mol. The summed E-state index contributed by atoms with van der Waals surface area (Å²) >= 11 is 1.62. The molecule has 0 aliphatic carbocycles. The number of benzene rings is 1. The first kappa shape index (κ1) is 13.8. The molecular weight excluding hydrogens is 258 g/mol. The first-order valence-corrected chi connectivity index (χ1v) is 7.02. The molecule has 5 heteroatoms. The zero-order valence-electron chi connectivity index (χ0n) is 11.5. The van der Waals surface area contributed by atoms with Crippen LogP contribution in [0.2, 0.25) is 0 Å². The summed E-state index contributed by atoms with van der Waals surface area (Å²) in [5.74, 6) is 0.883. The number of nitrogens with zero attached hydrogens (tertiary/aromatic N) is 2. The fraction of sp³-hybridized carbons (Fsp3) is 0.357. The number of nitrogens with one attached hydrogen (secondary N) is 1. The Balaban J connectivity index is 2.06. The van der Waals surface area contributed by atoms with Crippen molar-refractivity contribution >= 4 is 16.5 Å². The van der Waals surface area contributed by atoms with E-state index in [9.17, 15) is 0 Å². The summed E-state index contributed by atoms with van der Waals surface area (Å²) in [6.07, 6.45) is 1.81.